The highest BCUT2D eigenvalue weighted by molar-refractivity contribution is 5.41. The topological polar surface area (TPSA) is 86.7 Å². The van der Waals surface area contributed by atoms with Crippen molar-refractivity contribution in [3.8, 4) is 11.5 Å². The lowest BCUT2D eigenvalue weighted by Crippen LogP contribution is -2.25. The van der Waals surface area contributed by atoms with Gasteiger partial charge in [-0.15, -0.1) is 0 Å². The molecule has 1 aromatic carbocycles. The fourth-order valence-corrected chi connectivity index (χ4v) is 1.28. The van der Waals surface area contributed by atoms with E-state index in [1.165, 1.54) is 18.2 Å². The number of aromatic hydroxyl groups is 2. The standard InChI is InChI=1S/C10H15NO3/c1-2-8(13)10(11)7-4-3-6(12)5-9(7)14/h3-5,8,10,12-14H,2,11H2,1H3/t8-,10+/m0/s1. The second-order valence-corrected chi connectivity index (χ2v) is 3.24. The van der Waals surface area contributed by atoms with Gasteiger partial charge in [-0.05, 0) is 18.6 Å². The molecule has 0 aliphatic carbocycles. The molecule has 0 saturated heterocycles. The maximum Gasteiger partial charge on any atom is 0.124 e. The molecule has 0 spiro atoms. The monoisotopic (exact) mass is 197 g/mol. The summed E-state index contributed by atoms with van der Waals surface area (Å²) in [5, 5.41) is 28.0. The number of hydrogen-bond acceptors (Lipinski definition) is 4. The molecule has 0 fully saturated rings. The number of aliphatic hydroxyl groups is 1. The summed E-state index contributed by atoms with van der Waals surface area (Å²) >= 11 is 0. The van der Waals surface area contributed by atoms with Gasteiger partial charge in [-0.25, -0.2) is 0 Å². The molecule has 0 bridgehead atoms. The molecular weight excluding hydrogens is 182 g/mol. The van der Waals surface area contributed by atoms with Crippen LogP contribution in [0.25, 0.3) is 0 Å². The van der Waals surface area contributed by atoms with Gasteiger partial charge in [-0.1, -0.05) is 6.92 Å². The third kappa shape index (κ3) is 2.16. The van der Waals surface area contributed by atoms with Crippen LogP contribution in [0.2, 0.25) is 0 Å². The Hall–Kier alpha value is -1.26. The zero-order valence-electron chi connectivity index (χ0n) is 8.01. The quantitative estimate of drug-likeness (QED) is 0.579. The molecule has 1 rings (SSSR count). The first-order valence-electron chi connectivity index (χ1n) is 4.51. The molecule has 0 heterocycles. The molecule has 0 saturated carbocycles. The summed E-state index contributed by atoms with van der Waals surface area (Å²) in [6.45, 7) is 1.81. The number of hydrogen-bond donors (Lipinski definition) is 4. The van der Waals surface area contributed by atoms with E-state index >= 15 is 0 Å². The van der Waals surface area contributed by atoms with Crippen LogP contribution < -0.4 is 5.73 Å². The molecule has 14 heavy (non-hydrogen) atoms. The van der Waals surface area contributed by atoms with Crippen LogP contribution in [-0.4, -0.2) is 21.4 Å². The molecule has 0 unspecified atom stereocenters. The van der Waals surface area contributed by atoms with E-state index in [0.29, 0.717) is 12.0 Å². The number of rotatable bonds is 3. The van der Waals surface area contributed by atoms with Crippen LogP contribution >= 0.6 is 0 Å². The van der Waals surface area contributed by atoms with E-state index in [0.717, 1.165) is 0 Å². The zero-order valence-corrected chi connectivity index (χ0v) is 8.01. The van der Waals surface area contributed by atoms with Crippen molar-refractivity contribution in [2.45, 2.75) is 25.5 Å². The van der Waals surface area contributed by atoms with Crippen LogP contribution in [-0.2, 0) is 0 Å². The SMILES string of the molecule is CC[C@H](O)[C@H](N)c1ccc(O)cc1O. The molecule has 0 aromatic heterocycles. The smallest absolute Gasteiger partial charge is 0.124 e. The number of phenols is 2. The third-order valence-corrected chi connectivity index (χ3v) is 2.21. The summed E-state index contributed by atoms with van der Waals surface area (Å²) in [5.74, 6) is -0.116. The Balaban J connectivity index is 2.95. The summed E-state index contributed by atoms with van der Waals surface area (Å²) < 4.78 is 0. The summed E-state index contributed by atoms with van der Waals surface area (Å²) in [5.41, 5.74) is 6.15. The Morgan fingerprint density at radius 3 is 2.50 bits per heavy atom. The van der Waals surface area contributed by atoms with Crippen molar-refractivity contribution >= 4 is 0 Å². The number of phenolic OH excluding ortho intramolecular Hbond substituents is 2. The number of aliphatic hydroxyl groups excluding tert-OH is 1. The summed E-state index contributed by atoms with van der Waals surface area (Å²) in [4.78, 5) is 0. The molecule has 0 amide bonds. The maximum absolute atomic E-state index is 9.48. The van der Waals surface area contributed by atoms with Crippen LogP contribution in [0.4, 0.5) is 0 Å². The van der Waals surface area contributed by atoms with Crippen molar-refractivity contribution in [1.82, 2.24) is 0 Å². The highest BCUT2D eigenvalue weighted by Crippen LogP contribution is 2.28. The lowest BCUT2D eigenvalue weighted by atomic mass is 10.00. The van der Waals surface area contributed by atoms with Crippen molar-refractivity contribution in [1.29, 1.82) is 0 Å². The van der Waals surface area contributed by atoms with Crippen LogP contribution in [0.5, 0.6) is 11.5 Å². The minimum absolute atomic E-state index is 0.0237. The van der Waals surface area contributed by atoms with Gasteiger partial charge in [0, 0.05) is 11.6 Å². The van der Waals surface area contributed by atoms with E-state index in [1.807, 2.05) is 6.92 Å². The van der Waals surface area contributed by atoms with E-state index in [4.69, 9.17) is 10.8 Å². The molecule has 2 atom stereocenters. The number of nitrogens with two attached hydrogens (primary N) is 1. The fraction of sp³-hybridized carbons (Fsp3) is 0.400. The van der Waals surface area contributed by atoms with Crippen molar-refractivity contribution in [2.24, 2.45) is 5.73 Å². The first-order chi connectivity index (χ1) is 6.56. The highest BCUT2D eigenvalue weighted by Gasteiger charge is 2.18. The minimum Gasteiger partial charge on any atom is -0.508 e. The molecule has 1 aromatic rings. The average Bonchev–Trinajstić information content (AvgIpc) is 2.15. The lowest BCUT2D eigenvalue weighted by molar-refractivity contribution is 0.139. The molecule has 78 valence electrons. The third-order valence-electron chi connectivity index (χ3n) is 2.21. The molecule has 0 aliphatic rings. The van der Waals surface area contributed by atoms with Gasteiger partial charge in [-0.2, -0.15) is 0 Å². The second kappa shape index (κ2) is 4.30. The van der Waals surface area contributed by atoms with Crippen molar-refractivity contribution in [2.75, 3.05) is 0 Å². The first-order valence-corrected chi connectivity index (χ1v) is 4.51. The Labute approximate surface area is 82.6 Å². The summed E-state index contributed by atoms with van der Waals surface area (Å²) in [6.07, 6.45) is -0.174. The first kappa shape index (κ1) is 10.8. The van der Waals surface area contributed by atoms with Gasteiger partial charge >= 0.3 is 0 Å². The van der Waals surface area contributed by atoms with Gasteiger partial charge in [0.05, 0.1) is 12.1 Å². The van der Waals surface area contributed by atoms with Crippen molar-refractivity contribution in [3.05, 3.63) is 23.8 Å². The Morgan fingerprint density at radius 1 is 1.36 bits per heavy atom. The van der Waals surface area contributed by atoms with Crippen LogP contribution in [0, 0.1) is 0 Å². The summed E-state index contributed by atoms with van der Waals surface area (Å²) in [7, 11) is 0. The van der Waals surface area contributed by atoms with E-state index in [2.05, 4.69) is 0 Å². The van der Waals surface area contributed by atoms with Gasteiger partial charge in [0.2, 0.25) is 0 Å². The van der Waals surface area contributed by atoms with Crippen molar-refractivity contribution in [3.63, 3.8) is 0 Å². The number of benzene rings is 1. The van der Waals surface area contributed by atoms with Gasteiger partial charge < -0.3 is 21.1 Å². The molecule has 5 N–H and O–H groups in total. The Morgan fingerprint density at radius 2 is 2.00 bits per heavy atom. The second-order valence-electron chi connectivity index (χ2n) is 3.24. The van der Waals surface area contributed by atoms with Crippen molar-refractivity contribution < 1.29 is 15.3 Å². The maximum atomic E-state index is 9.48. The molecule has 0 aliphatic heterocycles. The van der Waals surface area contributed by atoms with Crippen LogP contribution in [0.15, 0.2) is 18.2 Å². The van der Waals surface area contributed by atoms with Gasteiger partial charge in [0.1, 0.15) is 11.5 Å². The normalized spacial score (nSPS) is 15.1. The van der Waals surface area contributed by atoms with E-state index < -0.39 is 12.1 Å². The largest absolute Gasteiger partial charge is 0.508 e. The van der Waals surface area contributed by atoms with Crippen LogP contribution in [0.1, 0.15) is 24.9 Å². The Bertz CT molecular complexity index is 314. The minimum atomic E-state index is -0.689. The predicted molar refractivity (Wildman–Crippen MR) is 53.0 cm³/mol. The van der Waals surface area contributed by atoms with Gasteiger partial charge in [0.25, 0.3) is 0 Å². The predicted octanol–water partition coefficient (Wildman–Crippen LogP) is 0.868. The molecule has 4 nitrogen and oxygen atoms in total. The molecule has 4 heteroatoms. The Kier molecular flexibility index (Phi) is 3.33. The average molecular weight is 197 g/mol. The highest BCUT2D eigenvalue weighted by atomic mass is 16.3. The lowest BCUT2D eigenvalue weighted by Gasteiger charge is -2.18. The van der Waals surface area contributed by atoms with Gasteiger partial charge in [0.15, 0.2) is 0 Å². The zero-order chi connectivity index (χ0) is 10.7. The van der Waals surface area contributed by atoms with Gasteiger partial charge in [-0.3, -0.25) is 0 Å². The molecular formula is C10H15NO3. The summed E-state index contributed by atoms with van der Waals surface area (Å²) in [6, 6.07) is 3.52. The van der Waals surface area contributed by atoms with E-state index in [1.54, 1.807) is 0 Å². The van der Waals surface area contributed by atoms with Crippen LogP contribution in [0.3, 0.4) is 0 Å². The van der Waals surface area contributed by atoms with E-state index in [-0.39, 0.29) is 11.5 Å². The fourth-order valence-electron chi connectivity index (χ4n) is 1.28. The van der Waals surface area contributed by atoms with E-state index in [9.17, 15) is 10.2 Å². The molecule has 0 radical (unpaired) electrons.